The number of hydrogen-bond acceptors (Lipinski definition) is 4. The first-order valence-electron chi connectivity index (χ1n) is 5.43. The van der Waals surface area contributed by atoms with E-state index in [0.717, 1.165) is 0 Å². The number of nitriles is 1. The molecule has 2 rings (SSSR count). The molecule has 0 aromatic heterocycles. The molecule has 0 fully saturated rings. The van der Waals surface area contributed by atoms with Crippen molar-refractivity contribution in [2.24, 2.45) is 0 Å². The van der Waals surface area contributed by atoms with Crippen LogP contribution in [-0.2, 0) is 11.8 Å². The van der Waals surface area contributed by atoms with E-state index in [9.17, 15) is 0 Å². The van der Waals surface area contributed by atoms with Gasteiger partial charge in [-0.25, -0.2) is 0 Å². The first-order chi connectivity index (χ1) is 9.48. The maximum atomic E-state index is 8.71. The number of benzene rings is 2. The second-order valence-electron chi connectivity index (χ2n) is 3.70. The Kier molecular flexibility index (Phi) is 4.91. The van der Waals surface area contributed by atoms with Crippen LogP contribution in [0.2, 0.25) is 5.02 Å². The monoisotopic (exact) mass is 343 g/mol. The van der Waals surface area contributed by atoms with Gasteiger partial charge in [-0.2, -0.15) is 5.26 Å². The zero-order valence-corrected chi connectivity index (χ0v) is 13.2. The van der Waals surface area contributed by atoms with Gasteiger partial charge in [-0.15, -0.1) is 0 Å². The van der Waals surface area contributed by atoms with Crippen LogP contribution in [-0.4, -0.2) is 0 Å². The lowest BCUT2D eigenvalue weighted by atomic mass is 10.2. The van der Waals surface area contributed by atoms with Crippen LogP contribution in [0.4, 0.5) is 0 Å². The van der Waals surface area contributed by atoms with Gasteiger partial charge in [0.2, 0.25) is 0 Å². The number of hydrogen-bond donors (Lipinski definition) is 0. The van der Waals surface area contributed by atoms with Gasteiger partial charge in [-0.05, 0) is 59.8 Å². The quantitative estimate of drug-likeness (QED) is 0.721. The highest BCUT2D eigenvalue weighted by molar-refractivity contribution is 8.22. The molecule has 0 aliphatic carbocycles. The standard InChI is InChI=1S/C13H8Cl2NO2PS/c14-11-3-7-13(8-4-11)18-19(15,20)17-12-5-1-10(9-16)2-6-12/h1-8H. The van der Waals surface area contributed by atoms with Gasteiger partial charge in [0.15, 0.2) is 0 Å². The van der Waals surface area contributed by atoms with Crippen molar-refractivity contribution in [1.82, 2.24) is 0 Å². The summed E-state index contributed by atoms with van der Waals surface area (Å²) in [7, 11) is 0. The van der Waals surface area contributed by atoms with Gasteiger partial charge >= 0.3 is 5.84 Å². The molecule has 0 spiro atoms. The molecule has 3 nitrogen and oxygen atoms in total. The topological polar surface area (TPSA) is 42.2 Å². The lowest BCUT2D eigenvalue weighted by molar-refractivity contribution is 0.505. The summed E-state index contributed by atoms with van der Waals surface area (Å²) in [5.41, 5.74) is 0.527. The zero-order valence-electron chi connectivity index (χ0n) is 9.99. The fourth-order valence-corrected chi connectivity index (χ4v) is 3.26. The van der Waals surface area contributed by atoms with Crippen LogP contribution in [0.25, 0.3) is 0 Å². The van der Waals surface area contributed by atoms with Crippen molar-refractivity contribution >= 4 is 40.5 Å². The molecular formula is C13H8Cl2NO2PS. The van der Waals surface area contributed by atoms with Crippen LogP contribution in [0.3, 0.4) is 0 Å². The van der Waals surface area contributed by atoms with E-state index in [1.165, 1.54) is 0 Å². The van der Waals surface area contributed by atoms with Crippen LogP contribution in [0.5, 0.6) is 11.5 Å². The largest absolute Gasteiger partial charge is 0.425 e. The number of rotatable bonds is 4. The zero-order chi connectivity index (χ0) is 14.6. The number of halogens is 2. The molecule has 2 aromatic rings. The van der Waals surface area contributed by atoms with Gasteiger partial charge in [0.05, 0.1) is 11.6 Å². The van der Waals surface area contributed by atoms with E-state index in [1.807, 2.05) is 6.07 Å². The Morgan fingerprint density at radius 2 is 1.40 bits per heavy atom. The molecule has 0 N–H and O–H groups in total. The Morgan fingerprint density at radius 1 is 0.950 bits per heavy atom. The van der Waals surface area contributed by atoms with E-state index in [2.05, 4.69) is 0 Å². The molecule has 1 atom stereocenters. The first-order valence-corrected chi connectivity index (χ1v) is 9.35. The average Bonchev–Trinajstić information content (AvgIpc) is 2.41. The van der Waals surface area contributed by atoms with E-state index in [-0.39, 0.29) is 0 Å². The molecule has 0 heterocycles. The highest BCUT2D eigenvalue weighted by Gasteiger charge is 2.18. The molecule has 1 unspecified atom stereocenters. The average molecular weight is 344 g/mol. The fraction of sp³-hybridized carbons (Fsp3) is 0. The Hall–Kier alpha value is -1.24. The van der Waals surface area contributed by atoms with Crippen molar-refractivity contribution < 1.29 is 9.05 Å². The molecule has 0 amide bonds. The second-order valence-corrected chi connectivity index (χ2v) is 8.74. The van der Waals surface area contributed by atoms with Crippen molar-refractivity contribution in [2.75, 3.05) is 0 Å². The van der Waals surface area contributed by atoms with Crippen LogP contribution >= 0.6 is 28.7 Å². The molecule has 0 bridgehead atoms. The molecule has 2 aromatic carbocycles. The third-order valence-electron chi connectivity index (χ3n) is 2.23. The molecule has 0 aliphatic rings. The third kappa shape index (κ3) is 4.40. The summed E-state index contributed by atoms with van der Waals surface area (Å²) in [6, 6.07) is 15.1. The van der Waals surface area contributed by atoms with Crippen molar-refractivity contribution in [2.45, 2.75) is 0 Å². The van der Waals surface area contributed by atoms with Crippen molar-refractivity contribution in [3.05, 3.63) is 59.1 Å². The van der Waals surface area contributed by atoms with Gasteiger partial charge in [0, 0.05) is 16.8 Å². The molecule has 102 valence electrons. The van der Waals surface area contributed by atoms with E-state index < -0.39 is 5.84 Å². The molecule has 0 aliphatic heterocycles. The van der Waals surface area contributed by atoms with E-state index in [0.29, 0.717) is 22.1 Å². The van der Waals surface area contributed by atoms with E-state index >= 15 is 0 Å². The Labute approximate surface area is 131 Å². The Balaban J connectivity index is 2.08. The molecule has 0 saturated heterocycles. The van der Waals surface area contributed by atoms with E-state index in [4.69, 9.17) is 49.0 Å². The summed E-state index contributed by atoms with van der Waals surface area (Å²) in [6.45, 7) is 0. The molecule has 0 saturated carbocycles. The maximum absolute atomic E-state index is 8.71. The van der Waals surface area contributed by atoms with Crippen molar-refractivity contribution in [1.29, 1.82) is 5.26 Å². The number of nitrogens with zero attached hydrogens (tertiary/aromatic N) is 1. The van der Waals surface area contributed by atoms with Crippen molar-refractivity contribution in [3.8, 4) is 17.6 Å². The Bertz CT molecular complexity index is 683. The minimum absolute atomic E-state index is 0.455. The minimum atomic E-state index is -3.00. The molecule has 7 heteroatoms. The molecule has 20 heavy (non-hydrogen) atoms. The van der Waals surface area contributed by atoms with Gasteiger partial charge in [-0.1, -0.05) is 11.6 Å². The van der Waals surface area contributed by atoms with Crippen LogP contribution in [0.1, 0.15) is 5.56 Å². The SMILES string of the molecule is N#Cc1ccc(OP(=S)(Cl)Oc2ccc(Cl)cc2)cc1. The summed E-state index contributed by atoms with van der Waals surface area (Å²) in [4.78, 5) is 0. The van der Waals surface area contributed by atoms with Gasteiger partial charge in [0.1, 0.15) is 11.5 Å². The molecule has 0 radical (unpaired) electrons. The van der Waals surface area contributed by atoms with Gasteiger partial charge in [0.25, 0.3) is 0 Å². The van der Waals surface area contributed by atoms with Crippen LogP contribution < -0.4 is 9.05 Å². The van der Waals surface area contributed by atoms with Crippen LogP contribution in [0, 0.1) is 11.3 Å². The smallest absolute Gasteiger partial charge is 0.384 e. The lowest BCUT2D eigenvalue weighted by Crippen LogP contribution is -1.94. The summed E-state index contributed by atoms with van der Waals surface area (Å²) >= 11 is 17.0. The maximum Gasteiger partial charge on any atom is 0.384 e. The highest BCUT2D eigenvalue weighted by Crippen LogP contribution is 2.53. The van der Waals surface area contributed by atoms with Crippen LogP contribution in [0.15, 0.2) is 48.5 Å². The molecular weight excluding hydrogens is 336 g/mol. The van der Waals surface area contributed by atoms with Crippen molar-refractivity contribution in [3.63, 3.8) is 0 Å². The first kappa shape index (κ1) is 15.2. The van der Waals surface area contributed by atoms with Gasteiger partial charge in [-0.3, -0.25) is 0 Å². The fourth-order valence-electron chi connectivity index (χ4n) is 1.36. The predicted molar refractivity (Wildman–Crippen MR) is 84.0 cm³/mol. The summed E-state index contributed by atoms with van der Waals surface area (Å²) < 4.78 is 10.9. The van der Waals surface area contributed by atoms with E-state index in [1.54, 1.807) is 48.5 Å². The third-order valence-corrected chi connectivity index (χ3v) is 4.20. The minimum Gasteiger partial charge on any atom is -0.425 e. The predicted octanol–water partition coefficient (Wildman–Crippen LogP) is 5.13. The summed E-state index contributed by atoms with van der Waals surface area (Å²) in [5, 5.41) is 9.30. The normalized spacial score (nSPS) is 13.1. The summed E-state index contributed by atoms with van der Waals surface area (Å²) in [5.74, 6) is -2.05. The highest BCUT2D eigenvalue weighted by atomic mass is 35.7. The lowest BCUT2D eigenvalue weighted by Gasteiger charge is -2.17. The Morgan fingerprint density at radius 3 is 1.85 bits per heavy atom. The summed E-state index contributed by atoms with van der Waals surface area (Å²) in [6.07, 6.45) is 0. The van der Waals surface area contributed by atoms with Gasteiger partial charge < -0.3 is 9.05 Å². The second kappa shape index (κ2) is 6.47.